The zero-order valence-electron chi connectivity index (χ0n) is 11.0. The zero-order valence-corrected chi connectivity index (χ0v) is 13.4. The van der Waals surface area contributed by atoms with Gasteiger partial charge < -0.3 is 5.32 Å². The molecule has 2 heterocycles. The Hall–Kier alpha value is -0.520. The molecule has 0 aromatic carbocycles. The van der Waals surface area contributed by atoms with Gasteiger partial charge >= 0.3 is 10.4 Å². The molecule has 0 radical (unpaired) electrons. The predicted octanol–water partition coefficient (Wildman–Crippen LogP) is 1.31. The molecule has 0 spiro atoms. The number of hydrogen-bond donors (Lipinski definition) is 3. The van der Waals surface area contributed by atoms with Gasteiger partial charge in [-0.2, -0.15) is 8.42 Å². The van der Waals surface area contributed by atoms with E-state index >= 15 is 0 Å². The Kier molecular flexibility index (Phi) is 5.70. The third kappa shape index (κ3) is 4.50. The minimum atomic E-state index is -4.67. The quantitative estimate of drug-likeness (QED) is 0.692. The topological polar surface area (TPSA) is 121 Å². The van der Waals surface area contributed by atoms with Gasteiger partial charge in [-0.05, 0) is 36.9 Å². The summed E-state index contributed by atoms with van der Waals surface area (Å²) >= 11 is 1.34. The van der Waals surface area contributed by atoms with Crippen molar-refractivity contribution in [2.75, 3.05) is 6.54 Å². The largest absolute Gasteiger partial charge is 0.394 e. The number of hydrogen-bond acceptors (Lipinski definition) is 6. The van der Waals surface area contributed by atoms with E-state index in [4.69, 9.17) is 17.5 Å². The Morgan fingerprint density at radius 1 is 1.45 bits per heavy atom. The molecule has 0 saturated carbocycles. The number of nitrogens with one attached hydrogen (secondary N) is 1. The summed E-state index contributed by atoms with van der Waals surface area (Å²) in [6.07, 6.45) is 0.680. The van der Waals surface area contributed by atoms with E-state index in [1.54, 1.807) is 6.92 Å². The highest BCUT2D eigenvalue weighted by Gasteiger charge is 2.36. The maximum atomic E-state index is 12.0. The van der Waals surface area contributed by atoms with Crippen LogP contribution in [-0.2, 0) is 20.2 Å². The molecule has 0 aliphatic carbocycles. The van der Waals surface area contributed by atoms with E-state index in [1.807, 2.05) is 18.4 Å². The fourth-order valence-electron chi connectivity index (χ4n) is 2.00. The highest BCUT2D eigenvalue weighted by molar-refractivity contribution is 7.94. The van der Waals surface area contributed by atoms with Crippen molar-refractivity contribution in [1.29, 1.82) is 0 Å². The lowest BCUT2D eigenvalue weighted by Gasteiger charge is -2.27. The molecular weight excluding hydrogens is 326 g/mol. The van der Waals surface area contributed by atoms with Crippen molar-refractivity contribution < 1.29 is 25.9 Å². The van der Waals surface area contributed by atoms with E-state index in [0.29, 0.717) is 10.6 Å². The summed E-state index contributed by atoms with van der Waals surface area (Å²) < 4.78 is 56.1. The van der Waals surface area contributed by atoms with Gasteiger partial charge in [0.05, 0.1) is 5.25 Å². The fourth-order valence-corrected chi connectivity index (χ4v) is 5.23. The number of thiophene rings is 1. The molecule has 2 atom stereocenters. The average Bonchev–Trinajstić information content (AvgIpc) is 2.74. The van der Waals surface area contributed by atoms with E-state index < -0.39 is 20.2 Å². The van der Waals surface area contributed by atoms with Crippen LogP contribution in [0.2, 0.25) is 0 Å². The Balaban J connectivity index is 0.000000347. The average molecular weight is 343 g/mol. The summed E-state index contributed by atoms with van der Waals surface area (Å²) in [7, 11) is -7.72. The van der Waals surface area contributed by atoms with Crippen molar-refractivity contribution in [3.05, 3.63) is 17.0 Å². The molecule has 10 heteroatoms. The van der Waals surface area contributed by atoms with Gasteiger partial charge in [0.2, 0.25) is 0 Å². The second kappa shape index (κ2) is 6.50. The van der Waals surface area contributed by atoms with Crippen LogP contribution in [0.5, 0.6) is 0 Å². The van der Waals surface area contributed by atoms with Crippen molar-refractivity contribution >= 4 is 31.6 Å². The smallest absolute Gasteiger partial charge is 0.310 e. The Morgan fingerprint density at radius 2 is 2.00 bits per heavy atom. The molecule has 20 heavy (non-hydrogen) atoms. The Morgan fingerprint density at radius 3 is 2.50 bits per heavy atom. The number of rotatable bonds is 2. The standard InChI is InChI=1S/C10H15NO2S2.H2O4S/c1-3-11-9-6-7(2)15(12,13)10-8(9)4-5-14-10;1-5(2,3)4/h4-5,7,9,11H,3,6H2,1-2H3;(H2,1,2,3,4)/t7-,9-;/m0./s1. The lowest BCUT2D eigenvalue weighted by atomic mass is 10.1. The van der Waals surface area contributed by atoms with Crippen molar-refractivity contribution in [2.45, 2.75) is 35.8 Å². The lowest BCUT2D eigenvalue weighted by molar-refractivity contribution is 0.381. The number of sulfone groups is 1. The first kappa shape index (κ1) is 17.5. The summed E-state index contributed by atoms with van der Waals surface area (Å²) in [6.45, 7) is 4.70. The van der Waals surface area contributed by atoms with Crippen LogP contribution in [0.4, 0.5) is 0 Å². The van der Waals surface area contributed by atoms with Gasteiger partial charge in [0.15, 0.2) is 9.84 Å². The molecule has 1 aromatic rings. The van der Waals surface area contributed by atoms with Gasteiger partial charge in [0.25, 0.3) is 0 Å². The molecule has 0 saturated heterocycles. The molecule has 116 valence electrons. The third-order valence-electron chi connectivity index (χ3n) is 2.84. The van der Waals surface area contributed by atoms with Crippen molar-refractivity contribution in [3.63, 3.8) is 0 Å². The number of fused-ring (bicyclic) bond motifs is 1. The lowest BCUT2D eigenvalue weighted by Crippen LogP contribution is -2.33. The van der Waals surface area contributed by atoms with Crippen LogP contribution in [0, 0.1) is 0 Å². The predicted molar refractivity (Wildman–Crippen MR) is 76.2 cm³/mol. The minimum Gasteiger partial charge on any atom is -0.310 e. The monoisotopic (exact) mass is 343 g/mol. The van der Waals surface area contributed by atoms with Crippen LogP contribution < -0.4 is 5.32 Å². The van der Waals surface area contributed by atoms with E-state index in [0.717, 1.165) is 12.1 Å². The van der Waals surface area contributed by atoms with Crippen LogP contribution in [0.1, 0.15) is 31.9 Å². The van der Waals surface area contributed by atoms with E-state index in [2.05, 4.69) is 5.32 Å². The maximum Gasteiger partial charge on any atom is 0.394 e. The summed E-state index contributed by atoms with van der Waals surface area (Å²) in [6, 6.07) is 2.13. The summed E-state index contributed by atoms with van der Waals surface area (Å²) in [4.78, 5) is 0. The van der Waals surface area contributed by atoms with E-state index in [-0.39, 0.29) is 11.3 Å². The first-order valence-electron chi connectivity index (χ1n) is 5.82. The molecule has 0 amide bonds. The first-order valence-corrected chi connectivity index (χ1v) is 9.64. The van der Waals surface area contributed by atoms with E-state index in [1.165, 1.54) is 11.3 Å². The molecule has 1 aromatic heterocycles. The minimum absolute atomic E-state index is 0.203. The molecule has 1 aliphatic rings. The molecule has 0 bridgehead atoms. The Labute approximate surface area is 122 Å². The Bertz CT molecular complexity index is 640. The van der Waals surface area contributed by atoms with Crippen molar-refractivity contribution in [2.24, 2.45) is 0 Å². The summed E-state index contributed by atoms with van der Waals surface area (Å²) in [5, 5.41) is 4.93. The SMILES string of the molecule is CCN[C@H]1C[C@H](C)S(=O)(=O)c2sccc21.O=S(=O)(O)O. The van der Waals surface area contributed by atoms with E-state index in [9.17, 15) is 8.42 Å². The van der Waals surface area contributed by atoms with Crippen molar-refractivity contribution in [1.82, 2.24) is 5.32 Å². The van der Waals surface area contributed by atoms with Crippen LogP contribution in [0.25, 0.3) is 0 Å². The van der Waals surface area contributed by atoms with Crippen LogP contribution in [0.3, 0.4) is 0 Å². The van der Waals surface area contributed by atoms with Gasteiger partial charge in [0, 0.05) is 6.04 Å². The van der Waals surface area contributed by atoms with Gasteiger partial charge in [-0.15, -0.1) is 11.3 Å². The fraction of sp³-hybridized carbons (Fsp3) is 0.600. The molecule has 0 unspecified atom stereocenters. The second-order valence-electron chi connectivity index (χ2n) is 4.31. The molecule has 1 aliphatic heterocycles. The second-order valence-corrected chi connectivity index (χ2v) is 8.69. The molecule has 7 nitrogen and oxygen atoms in total. The highest BCUT2D eigenvalue weighted by atomic mass is 32.3. The van der Waals surface area contributed by atoms with Crippen LogP contribution in [0.15, 0.2) is 15.7 Å². The zero-order chi connectivity index (χ0) is 15.6. The summed E-state index contributed by atoms with van der Waals surface area (Å²) in [5.74, 6) is 0. The van der Waals surface area contributed by atoms with Crippen LogP contribution >= 0.6 is 11.3 Å². The van der Waals surface area contributed by atoms with Gasteiger partial charge in [-0.1, -0.05) is 6.92 Å². The molecule has 0 fully saturated rings. The molecule has 3 N–H and O–H groups in total. The normalized spacial score (nSPS) is 24.4. The van der Waals surface area contributed by atoms with Crippen molar-refractivity contribution in [3.8, 4) is 0 Å². The highest BCUT2D eigenvalue weighted by Crippen LogP contribution is 2.39. The first-order chi connectivity index (χ1) is 9.07. The summed E-state index contributed by atoms with van der Waals surface area (Å²) in [5.41, 5.74) is 0.958. The molecule has 2 rings (SSSR count). The maximum absolute atomic E-state index is 12.0. The van der Waals surface area contributed by atoms with Crippen LogP contribution in [-0.4, -0.2) is 37.7 Å². The van der Waals surface area contributed by atoms with Gasteiger partial charge in [-0.3, -0.25) is 9.11 Å². The molecular formula is C10H17NO6S3. The third-order valence-corrected chi connectivity index (χ3v) is 6.55. The van der Waals surface area contributed by atoms with Gasteiger partial charge in [0.1, 0.15) is 4.21 Å². The van der Waals surface area contributed by atoms with Gasteiger partial charge in [-0.25, -0.2) is 8.42 Å².